The molecule has 0 radical (unpaired) electrons. The van der Waals surface area contributed by atoms with Crippen molar-refractivity contribution in [3.8, 4) is 0 Å². The quantitative estimate of drug-likeness (QED) is 0.311. The minimum absolute atomic E-state index is 0.128. The summed E-state index contributed by atoms with van der Waals surface area (Å²) >= 11 is 9.11. The summed E-state index contributed by atoms with van der Waals surface area (Å²) in [7, 11) is 0. The number of rotatable bonds is 1. The van der Waals surface area contributed by atoms with E-state index in [9.17, 15) is 0 Å². The maximum Gasteiger partial charge on any atom is 0.208 e. The van der Waals surface area contributed by atoms with Gasteiger partial charge in [0.15, 0.2) is 0 Å². The zero-order valence-electron chi connectivity index (χ0n) is 6.59. The van der Waals surface area contributed by atoms with E-state index in [0.29, 0.717) is 15.2 Å². The first-order valence-electron chi connectivity index (χ1n) is 3.40. The van der Waals surface area contributed by atoms with Crippen molar-refractivity contribution in [1.82, 2.24) is 5.43 Å². The largest absolute Gasteiger partial charge is 0.369 e. The molecule has 0 bridgehead atoms. The molecule has 70 valence electrons. The lowest BCUT2D eigenvalue weighted by atomic mass is 10.3. The van der Waals surface area contributed by atoms with Gasteiger partial charge in [0, 0.05) is 0 Å². The molecule has 0 aliphatic carbocycles. The van der Waals surface area contributed by atoms with Gasteiger partial charge in [-0.1, -0.05) is 17.7 Å². The van der Waals surface area contributed by atoms with Gasteiger partial charge in [-0.15, -0.1) is 0 Å². The predicted molar refractivity (Wildman–Crippen MR) is 57.8 cm³/mol. The first-order valence-corrected chi connectivity index (χ1v) is 4.57. The number of guanidine groups is 1. The molecule has 0 saturated heterocycles. The second-order valence-electron chi connectivity index (χ2n) is 2.21. The highest BCUT2D eigenvalue weighted by molar-refractivity contribution is 9.10. The third-order valence-corrected chi connectivity index (χ3v) is 2.70. The van der Waals surface area contributed by atoms with Crippen LogP contribution in [0.25, 0.3) is 0 Å². The summed E-state index contributed by atoms with van der Waals surface area (Å²) in [5, 5.41) is 0.575. The molecule has 0 aliphatic heterocycles. The Kier molecular flexibility index (Phi) is 3.53. The third-order valence-electron chi connectivity index (χ3n) is 1.32. The molecule has 0 unspecified atom stereocenters. The smallest absolute Gasteiger partial charge is 0.208 e. The van der Waals surface area contributed by atoms with Gasteiger partial charge in [-0.25, -0.2) is 10.8 Å². The highest BCUT2D eigenvalue weighted by Crippen LogP contribution is 2.31. The Balaban J connectivity index is 3.09. The third kappa shape index (κ3) is 2.58. The van der Waals surface area contributed by atoms with Gasteiger partial charge in [-0.05, 0) is 28.1 Å². The van der Waals surface area contributed by atoms with Crippen molar-refractivity contribution >= 4 is 39.2 Å². The fraction of sp³-hybridized carbons (Fsp3) is 0. The number of benzene rings is 1. The Labute approximate surface area is 89.1 Å². The average Bonchev–Trinajstić information content (AvgIpc) is 2.13. The molecule has 1 aromatic carbocycles. The zero-order valence-corrected chi connectivity index (χ0v) is 8.93. The molecule has 0 aliphatic rings. The summed E-state index contributed by atoms with van der Waals surface area (Å²) in [5.41, 5.74) is 8.23. The Hall–Kier alpha value is -0.780. The molecule has 0 fully saturated rings. The molecule has 0 heterocycles. The van der Waals surface area contributed by atoms with Crippen LogP contribution in [0.1, 0.15) is 0 Å². The second-order valence-corrected chi connectivity index (χ2v) is 3.41. The average molecular weight is 264 g/mol. The summed E-state index contributed by atoms with van der Waals surface area (Å²) in [6.45, 7) is 0. The number of aliphatic imine (C=N–C) groups is 1. The van der Waals surface area contributed by atoms with E-state index in [0.717, 1.165) is 0 Å². The molecule has 5 N–H and O–H groups in total. The van der Waals surface area contributed by atoms with Gasteiger partial charge in [0.05, 0.1) is 15.2 Å². The molecule has 6 heteroatoms. The van der Waals surface area contributed by atoms with Crippen molar-refractivity contribution in [3.05, 3.63) is 27.7 Å². The lowest BCUT2D eigenvalue weighted by Gasteiger charge is -2.02. The highest BCUT2D eigenvalue weighted by atomic mass is 79.9. The number of nitrogens with two attached hydrogens (primary N) is 2. The van der Waals surface area contributed by atoms with Crippen LogP contribution in [0.4, 0.5) is 5.69 Å². The van der Waals surface area contributed by atoms with Crippen LogP contribution in [0.3, 0.4) is 0 Å². The first-order chi connectivity index (χ1) is 6.15. The van der Waals surface area contributed by atoms with Gasteiger partial charge in [-0.2, -0.15) is 0 Å². The predicted octanol–water partition coefficient (Wildman–Crippen LogP) is 1.51. The standard InChI is InChI=1S/C7H8BrClN4/c8-6-4(9)2-1-3-5(6)12-7(10)13-11/h1-3H,11H2,(H3,10,12,13). The normalized spacial score (nSPS) is 11.5. The van der Waals surface area contributed by atoms with E-state index in [1.54, 1.807) is 18.2 Å². The molecule has 4 nitrogen and oxygen atoms in total. The summed E-state index contributed by atoms with van der Waals surface area (Å²) in [6.07, 6.45) is 0. The van der Waals surface area contributed by atoms with E-state index in [1.807, 2.05) is 0 Å². The maximum absolute atomic E-state index is 5.83. The van der Waals surface area contributed by atoms with Gasteiger partial charge in [0.2, 0.25) is 5.96 Å². The van der Waals surface area contributed by atoms with Crippen LogP contribution in [0.15, 0.2) is 27.7 Å². The fourth-order valence-corrected chi connectivity index (χ4v) is 1.26. The molecule has 1 rings (SSSR count). The number of hydrogen-bond acceptors (Lipinski definition) is 2. The molecular formula is C7H8BrClN4. The van der Waals surface area contributed by atoms with Crippen molar-refractivity contribution in [2.45, 2.75) is 0 Å². The lowest BCUT2D eigenvalue weighted by molar-refractivity contribution is 1.01. The van der Waals surface area contributed by atoms with Gasteiger partial charge >= 0.3 is 0 Å². The van der Waals surface area contributed by atoms with E-state index in [4.69, 9.17) is 23.2 Å². The molecule has 0 aromatic heterocycles. The van der Waals surface area contributed by atoms with Crippen molar-refractivity contribution in [2.75, 3.05) is 0 Å². The molecule has 13 heavy (non-hydrogen) atoms. The second kappa shape index (κ2) is 4.45. The molecule has 0 saturated carbocycles. The Morgan fingerprint density at radius 1 is 1.54 bits per heavy atom. The molecule has 0 amide bonds. The number of nitrogens with zero attached hydrogens (tertiary/aromatic N) is 1. The van der Waals surface area contributed by atoms with Crippen LogP contribution >= 0.6 is 27.5 Å². The molecular weight excluding hydrogens is 255 g/mol. The van der Waals surface area contributed by atoms with Crippen LogP contribution in [-0.4, -0.2) is 5.96 Å². The van der Waals surface area contributed by atoms with Crippen LogP contribution in [0, 0.1) is 0 Å². The van der Waals surface area contributed by atoms with Crippen molar-refractivity contribution in [2.24, 2.45) is 16.6 Å². The van der Waals surface area contributed by atoms with Crippen LogP contribution in [-0.2, 0) is 0 Å². The summed E-state index contributed by atoms with van der Waals surface area (Å²) < 4.78 is 0.690. The van der Waals surface area contributed by atoms with E-state index in [2.05, 4.69) is 26.3 Å². The van der Waals surface area contributed by atoms with Crippen LogP contribution in [0.2, 0.25) is 5.02 Å². The van der Waals surface area contributed by atoms with Gasteiger partial charge < -0.3 is 5.73 Å². The van der Waals surface area contributed by atoms with E-state index in [-0.39, 0.29) is 5.96 Å². The van der Waals surface area contributed by atoms with E-state index < -0.39 is 0 Å². The van der Waals surface area contributed by atoms with E-state index >= 15 is 0 Å². The minimum Gasteiger partial charge on any atom is -0.369 e. The fourth-order valence-electron chi connectivity index (χ4n) is 0.741. The lowest BCUT2D eigenvalue weighted by Crippen LogP contribution is -2.36. The number of hydrogen-bond donors (Lipinski definition) is 3. The summed E-state index contributed by atoms with van der Waals surface area (Å²) in [6, 6.07) is 5.28. The monoisotopic (exact) mass is 262 g/mol. The maximum atomic E-state index is 5.83. The summed E-state index contributed by atoms with van der Waals surface area (Å²) in [5.74, 6) is 5.18. The zero-order chi connectivity index (χ0) is 9.84. The Morgan fingerprint density at radius 2 is 2.23 bits per heavy atom. The topological polar surface area (TPSA) is 76.4 Å². The van der Waals surface area contributed by atoms with Crippen LogP contribution in [0.5, 0.6) is 0 Å². The van der Waals surface area contributed by atoms with Crippen molar-refractivity contribution < 1.29 is 0 Å². The number of halogens is 2. The number of hydrazine groups is 1. The molecule has 0 spiro atoms. The van der Waals surface area contributed by atoms with Gasteiger partial charge in [0.25, 0.3) is 0 Å². The van der Waals surface area contributed by atoms with Crippen molar-refractivity contribution in [1.29, 1.82) is 0 Å². The number of nitrogens with one attached hydrogen (secondary N) is 1. The van der Waals surface area contributed by atoms with E-state index in [1.165, 1.54) is 0 Å². The SMILES string of the molecule is NNC(N)=Nc1cccc(Cl)c1Br. The Morgan fingerprint density at radius 3 is 2.85 bits per heavy atom. The van der Waals surface area contributed by atoms with Crippen LogP contribution < -0.4 is 17.0 Å². The first kappa shape index (κ1) is 10.3. The summed E-state index contributed by atoms with van der Waals surface area (Å²) in [4.78, 5) is 3.96. The minimum atomic E-state index is 0.128. The van der Waals surface area contributed by atoms with Crippen molar-refractivity contribution in [3.63, 3.8) is 0 Å². The van der Waals surface area contributed by atoms with Gasteiger partial charge in [0.1, 0.15) is 0 Å². The van der Waals surface area contributed by atoms with Gasteiger partial charge in [-0.3, -0.25) is 5.43 Å². The molecule has 0 atom stereocenters. The highest BCUT2D eigenvalue weighted by Gasteiger charge is 2.02. The molecule has 1 aromatic rings. The Bertz CT molecular complexity index is 339.